The SMILES string of the molecule is OCCCc1cccc(NCc2ccc(F)c(F)c2)c1. The summed E-state index contributed by atoms with van der Waals surface area (Å²) >= 11 is 0. The lowest BCUT2D eigenvalue weighted by Crippen LogP contribution is -2.01. The zero-order valence-corrected chi connectivity index (χ0v) is 11.1. The van der Waals surface area contributed by atoms with E-state index in [1.54, 1.807) is 6.07 Å². The average molecular weight is 277 g/mol. The fraction of sp³-hybridized carbons (Fsp3) is 0.250. The molecule has 0 bridgehead atoms. The van der Waals surface area contributed by atoms with Crippen molar-refractivity contribution in [3.8, 4) is 0 Å². The molecule has 0 spiro atoms. The molecule has 2 rings (SSSR count). The van der Waals surface area contributed by atoms with Gasteiger partial charge in [0.2, 0.25) is 0 Å². The zero-order valence-electron chi connectivity index (χ0n) is 11.1. The summed E-state index contributed by atoms with van der Waals surface area (Å²) in [4.78, 5) is 0. The minimum atomic E-state index is -0.834. The van der Waals surface area contributed by atoms with Gasteiger partial charge in [-0.3, -0.25) is 0 Å². The first kappa shape index (κ1) is 14.5. The number of nitrogens with one attached hydrogen (secondary N) is 1. The van der Waals surface area contributed by atoms with Gasteiger partial charge in [-0.2, -0.15) is 0 Å². The summed E-state index contributed by atoms with van der Waals surface area (Å²) in [5, 5.41) is 12.0. The van der Waals surface area contributed by atoms with Gasteiger partial charge in [-0.1, -0.05) is 18.2 Å². The Morgan fingerprint density at radius 3 is 2.55 bits per heavy atom. The molecule has 0 heterocycles. The van der Waals surface area contributed by atoms with Crippen LogP contribution in [0.2, 0.25) is 0 Å². The van der Waals surface area contributed by atoms with E-state index in [4.69, 9.17) is 5.11 Å². The van der Waals surface area contributed by atoms with Crippen LogP contribution in [0.25, 0.3) is 0 Å². The molecule has 20 heavy (non-hydrogen) atoms. The summed E-state index contributed by atoms with van der Waals surface area (Å²) in [6, 6.07) is 11.7. The van der Waals surface area contributed by atoms with Gasteiger partial charge in [0, 0.05) is 18.8 Å². The molecule has 0 saturated heterocycles. The quantitative estimate of drug-likeness (QED) is 0.847. The van der Waals surface area contributed by atoms with Crippen LogP contribution in [0.5, 0.6) is 0 Å². The van der Waals surface area contributed by atoms with Gasteiger partial charge in [0.25, 0.3) is 0 Å². The number of hydrogen-bond acceptors (Lipinski definition) is 2. The first-order chi connectivity index (χ1) is 9.69. The van der Waals surface area contributed by atoms with Gasteiger partial charge in [-0.15, -0.1) is 0 Å². The van der Waals surface area contributed by atoms with Crippen LogP contribution in [0.3, 0.4) is 0 Å². The van der Waals surface area contributed by atoms with Crippen LogP contribution in [0, 0.1) is 11.6 Å². The molecule has 2 nitrogen and oxygen atoms in total. The lowest BCUT2D eigenvalue weighted by atomic mass is 10.1. The fourth-order valence-electron chi connectivity index (χ4n) is 1.97. The number of anilines is 1. The molecule has 2 N–H and O–H groups in total. The Morgan fingerprint density at radius 2 is 1.80 bits per heavy atom. The van der Waals surface area contributed by atoms with Gasteiger partial charge < -0.3 is 10.4 Å². The molecule has 0 aliphatic rings. The molecule has 0 unspecified atom stereocenters. The Kier molecular flexibility index (Phi) is 5.07. The van der Waals surface area contributed by atoms with Gasteiger partial charge in [-0.25, -0.2) is 8.78 Å². The lowest BCUT2D eigenvalue weighted by Gasteiger charge is -2.09. The Balaban J connectivity index is 1.97. The third kappa shape index (κ3) is 4.03. The van der Waals surface area contributed by atoms with Crippen LogP contribution < -0.4 is 5.32 Å². The number of aliphatic hydroxyl groups excluding tert-OH is 1. The molecule has 0 fully saturated rings. The van der Waals surface area contributed by atoms with E-state index in [9.17, 15) is 8.78 Å². The molecule has 0 radical (unpaired) electrons. The highest BCUT2D eigenvalue weighted by Gasteiger charge is 2.02. The normalized spacial score (nSPS) is 10.6. The van der Waals surface area contributed by atoms with Crippen LogP contribution in [0.4, 0.5) is 14.5 Å². The molecule has 106 valence electrons. The van der Waals surface area contributed by atoms with Crippen molar-refractivity contribution in [1.82, 2.24) is 0 Å². The predicted octanol–water partition coefficient (Wildman–Crippen LogP) is 3.50. The molecule has 4 heteroatoms. The van der Waals surface area contributed by atoms with E-state index >= 15 is 0 Å². The molecule has 2 aromatic rings. The van der Waals surface area contributed by atoms with Gasteiger partial charge in [0.15, 0.2) is 11.6 Å². The van der Waals surface area contributed by atoms with Crippen molar-refractivity contribution < 1.29 is 13.9 Å². The van der Waals surface area contributed by atoms with E-state index in [1.807, 2.05) is 24.3 Å². The number of aliphatic hydroxyl groups is 1. The third-order valence-electron chi connectivity index (χ3n) is 3.03. The van der Waals surface area contributed by atoms with Gasteiger partial charge in [0.1, 0.15) is 0 Å². The van der Waals surface area contributed by atoms with Crippen LogP contribution in [0.15, 0.2) is 42.5 Å². The van der Waals surface area contributed by atoms with Crippen LogP contribution in [-0.4, -0.2) is 11.7 Å². The topological polar surface area (TPSA) is 32.3 Å². The monoisotopic (exact) mass is 277 g/mol. The van der Waals surface area contributed by atoms with Crippen molar-refractivity contribution in [2.24, 2.45) is 0 Å². The average Bonchev–Trinajstić information content (AvgIpc) is 2.47. The molecule has 0 aromatic heterocycles. The summed E-state index contributed by atoms with van der Waals surface area (Å²) in [7, 11) is 0. The summed E-state index contributed by atoms with van der Waals surface area (Å²) in [5.74, 6) is -1.67. The summed E-state index contributed by atoms with van der Waals surface area (Å²) < 4.78 is 25.9. The summed E-state index contributed by atoms with van der Waals surface area (Å²) in [5.41, 5.74) is 2.74. The maximum absolute atomic E-state index is 13.1. The van der Waals surface area contributed by atoms with Crippen molar-refractivity contribution in [1.29, 1.82) is 0 Å². The molecular weight excluding hydrogens is 260 g/mol. The molecule has 0 atom stereocenters. The maximum Gasteiger partial charge on any atom is 0.159 e. The van der Waals surface area contributed by atoms with Crippen LogP contribution >= 0.6 is 0 Å². The first-order valence-corrected chi connectivity index (χ1v) is 6.56. The van der Waals surface area contributed by atoms with Crippen molar-refractivity contribution in [2.75, 3.05) is 11.9 Å². The number of aryl methyl sites for hydroxylation is 1. The van der Waals surface area contributed by atoms with E-state index < -0.39 is 11.6 Å². The Labute approximate surface area is 117 Å². The van der Waals surface area contributed by atoms with Crippen molar-refractivity contribution in [3.63, 3.8) is 0 Å². The largest absolute Gasteiger partial charge is 0.396 e. The predicted molar refractivity (Wildman–Crippen MR) is 75.5 cm³/mol. The lowest BCUT2D eigenvalue weighted by molar-refractivity contribution is 0.288. The van der Waals surface area contributed by atoms with E-state index in [2.05, 4.69) is 5.32 Å². The molecule has 0 saturated carbocycles. The third-order valence-corrected chi connectivity index (χ3v) is 3.03. The highest BCUT2D eigenvalue weighted by Crippen LogP contribution is 2.15. The minimum absolute atomic E-state index is 0.173. The van der Waals surface area contributed by atoms with E-state index in [0.29, 0.717) is 12.1 Å². The number of benzene rings is 2. The van der Waals surface area contributed by atoms with Crippen molar-refractivity contribution in [3.05, 3.63) is 65.2 Å². The number of rotatable bonds is 6. The maximum atomic E-state index is 13.1. The highest BCUT2D eigenvalue weighted by molar-refractivity contribution is 5.46. The van der Waals surface area contributed by atoms with Crippen LogP contribution in [0.1, 0.15) is 17.5 Å². The highest BCUT2D eigenvalue weighted by atomic mass is 19.2. The molecule has 0 aliphatic carbocycles. The number of hydrogen-bond donors (Lipinski definition) is 2. The first-order valence-electron chi connectivity index (χ1n) is 6.56. The van der Waals surface area contributed by atoms with Gasteiger partial charge in [-0.05, 0) is 48.2 Å². The van der Waals surface area contributed by atoms with Crippen LogP contribution in [-0.2, 0) is 13.0 Å². The second-order valence-electron chi connectivity index (χ2n) is 4.63. The van der Waals surface area contributed by atoms with E-state index in [-0.39, 0.29) is 6.61 Å². The summed E-state index contributed by atoms with van der Waals surface area (Å²) in [6.45, 7) is 0.604. The van der Waals surface area contributed by atoms with E-state index in [0.717, 1.165) is 30.2 Å². The second kappa shape index (κ2) is 7.01. The number of halogens is 2. The minimum Gasteiger partial charge on any atom is -0.396 e. The Morgan fingerprint density at radius 1 is 0.950 bits per heavy atom. The van der Waals surface area contributed by atoms with Crippen molar-refractivity contribution in [2.45, 2.75) is 19.4 Å². The molecule has 2 aromatic carbocycles. The Bertz CT molecular complexity index is 572. The van der Waals surface area contributed by atoms with Gasteiger partial charge in [0.05, 0.1) is 0 Å². The standard InChI is InChI=1S/C16H17F2NO/c17-15-7-6-13(10-16(15)18)11-19-14-5-1-3-12(9-14)4-2-8-20/h1,3,5-7,9-10,19-20H,2,4,8,11H2. The molecule has 0 aliphatic heterocycles. The van der Waals surface area contributed by atoms with E-state index in [1.165, 1.54) is 6.07 Å². The Hall–Kier alpha value is -1.94. The van der Waals surface area contributed by atoms with Crippen molar-refractivity contribution >= 4 is 5.69 Å². The second-order valence-corrected chi connectivity index (χ2v) is 4.63. The fourth-order valence-corrected chi connectivity index (χ4v) is 1.97. The molecule has 0 amide bonds. The zero-order chi connectivity index (χ0) is 14.4. The smallest absolute Gasteiger partial charge is 0.159 e. The molecular formula is C16H17F2NO. The van der Waals surface area contributed by atoms with Gasteiger partial charge >= 0.3 is 0 Å². The summed E-state index contributed by atoms with van der Waals surface area (Å²) in [6.07, 6.45) is 1.55.